The second-order valence-corrected chi connectivity index (χ2v) is 14.8. The Morgan fingerprint density at radius 1 is 0.789 bits per heavy atom. The largest absolute Gasteiger partial charge is 0.397 e. The van der Waals surface area contributed by atoms with E-state index in [1.807, 2.05) is 103 Å². The molecule has 3 atom stereocenters. The van der Waals surface area contributed by atoms with Crippen LogP contribution < -0.4 is 16.4 Å². The highest BCUT2D eigenvalue weighted by atomic mass is 32.2. The van der Waals surface area contributed by atoms with Crippen molar-refractivity contribution in [2.45, 2.75) is 68.9 Å². The number of hydrogen-bond donors (Lipinski definition) is 4. The second kappa shape index (κ2) is 19.3. The van der Waals surface area contributed by atoms with Crippen molar-refractivity contribution in [2.75, 3.05) is 16.8 Å². The van der Waals surface area contributed by atoms with Gasteiger partial charge in [0, 0.05) is 37.1 Å². The molecule has 1 aromatic heterocycles. The molecule has 1 aliphatic heterocycles. The summed E-state index contributed by atoms with van der Waals surface area (Å²) >= 11 is 1.53. The third kappa shape index (κ3) is 10.7. The van der Waals surface area contributed by atoms with Gasteiger partial charge in [-0.2, -0.15) is 4.68 Å². The summed E-state index contributed by atoms with van der Waals surface area (Å²) in [5.41, 5.74) is 13.6. The first kappa shape index (κ1) is 39.4. The highest BCUT2D eigenvalue weighted by Gasteiger charge is 2.33. The lowest BCUT2D eigenvalue weighted by atomic mass is 9.99. The van der Waals surface area contributed by atoms with Gasteiger partial charge in [0.05, 0.1) is 35.9 Å². The van der Waals surface area contributed by atoms with Crippen molar-refractivity contribution in [1.29, 1.82) is 0 Å². The maximum absolute atomic E-state index is 12.7. The number of ether oxygens (including phenoxy) is 2. The molecule has 1 saturated heterocycles. The molecule has 0 saturated carbocycles. The van der Waals surface area contributed by atoms with Crippen molar-refractivity contribution in [3.05, 3.63) is 150 Å². The number of benzene rings is 5. The Labute approximate surface area is 335 Å². The molecular weight excluding hydrogens is 739 g/mol. The molecule has 5 aromatic carbocycles. The normalized spacial score (nSPS) is 16.5. The van der Waals surface area contributed by atoms with E-state index in [-0.39, 0.29) is 30.6 Å². The third-order valence-corrected chi connectivity index (χ3v) is 10.7. The van der Waals surface area contributed by atoms with Crippen LogP contribution in [0.4, 0.5) is 11.4 Å². The summed E-state index contributed by atoms with van der Waals surface area (Å²) in [5, 5.41) is 28.5. The SMILES string of the molecule is Nc1ccccc1NC(=O)CCCCC(=O)NCc1cccc(-c2cccc(C3OC(CSc4nnnn4-c4ccccc4)CC(c4ccc(CO)cc4)O3)c2)c1. The zero-order valence-corrected chi connectivity index (χ0v) is 32.2. The molecule has 5 N–H and O–H groups in total. The van der Waals surface area contributed by atoms with Crippen LogP contribution >= 0.6 is 11.8 Å². The molecule has 3 unspecified atom stereocenters. The van der Waals surface area contributed by atoms with Crippen LogP contribution in [0.5, 0.6) is 0 Å². The van der Waals surface area contributed by atoms with Crippen molar-refractivity contribution in [3.63, 3.8) is 0 Å². The molecule has 57 heavy (non-hydrogen) atoms. The van der Waals surface area contributed by atoms with Crippen molar-refractivity contribution in [2.24, 2.45) is 0 Å². The van der Waals surface area contributed by atoms with Crippen molar-refractivity contribution in [3.8, 4) is 16.8 Å². The van der Waals surface area contributed by atoms with E-state index < -0.39 is 6.29 Å². The van der Waals surface area contributed by atoms with Gasteiger partial charge < -0.3 is 30.9 Å². The molecule has 0 bridgehead atoms. The number of nitrogens with zero attached hydrogens (tertiary/aromatic N) is 4. The van der Waals surface area contributed by atoms with E-state index in [2.05, 4.69) is 38.3 Å². The van der Waals surface area contributed by atoms with Crippen molar-refractivity contribution >= 4 is 35.0 Å². The lowest BCUT2D eigenvalue weighted by Gasteiger charge is -2.36. The summed E-state index contributed by atoms with van der Waals surface area (Å²) < 4.78 is 15.0. The van der Waals surface area contributed by atoms with E-state index in [0.29, 0.717) is 60.9 Å². The summed E-state index contributed by atoms with van der Waals surface area (Å²) in [7, 11) is 0. The molecule has 0 aliphatic carbocycles. The Balaban J connectivity index is 0.973. The van der Waals surface area contributed by atoms with Crippen LogP contribution in [0.1, 0.15) is 66.8 Å². The number of carbonyl (C=O) groups excluding carboxylic acids is 2. The number of carbonyl (C=O) groups is 2. The predicted molar refractivity (Wildman–Crippen MR) is 220 cm³/mol. The minimum Gasteiger partial charge on any atom is -0.397 e. The van der Waals surface area contributed by atoms with Gasteiger partial charge >= 0.3 is 0 Å². The minimum atomic E-state index is -0.637. The van der Waals surface area contributed by atoms with Crippen LogP contribution in [0.25, 0.3) is 16.8 Å². The van der Waals surface area contributed by atoms with Crippen LogP contribution in [0.15, 0.2) is 133 Å². The van der Waals surface area contributed by atoms with Crippen molar-refractivity contribution < 1.29 is 24.2 Å². The number of aliphatic hydroxyl groups excluding tert-OH is 1. The average molecular weight is 784 g/mol. The third-order valence-electron chi connectivity index (χ3n) is 9.66. The summed E-state index contributed by atoms with van der Waals surface area (Å²) in [4.78, 5) is 25.0. The van der Waals surface area contributed by atoms with Crippen LogP contribution in [0.2, 0.25) is 0 Å². The Bertz CT molecular complexity index is 2250. The Morgan fingerprint density at radius 2 is 1.53 bits per heavy atom. The average Bonchev–Trinajstić information content (AvgIpc) is 3.74. The van der Waals surface area contributed by atoms with Gasteiger partial charge in [-0.1, -0.05) is 103 Å². The topological polar surface area (TPSA) is 167 Å². The van der Waals surface area contributed by atoms with E-state index >= 15 is 0 Å². The number of amides is 2. The first-order valence-corrected chi connectivity index (χ1v) is 20.0. The second-order valence-electron chi connectivity index (χ2n) is 13.8. The number of aliphatic hydroxyl groups is 1. The van der Waals surface area contributed by atoms with Gasteiger partial charge in [0.15, 0.2) is 6.29 Å². The van der Waals surface area contributed by atoms with E-state index in [0.717, 1.165) is 39.1 Å². The van der Waals surface area contributed by atoms with Gasteiger partial charge in [-0.25, -0.2) is 0 Å². The molecule has 12 nitrogen and oxygen atoms in total. The van der Waals surface area contributed by atoms with Crippen LogP contribution in [-0.4, -0.2) is 49.0 Å². The van der Waals surface area contributed by atoms with Crippen LogP contribution in [-0.2, 0) is 32.2 Å². The molecule has 2 amide bonds. The number of para-hydroxylation sites is 3. The summed E-state index contributed by atoms with van der Waals surface area (Å²) in [6.07, 6.45) is 1.41. The lowest BCUT2D eigenvalue weighted by molar-refractivity contribution is -0.245. The highest BCUT2D eigenvalue weighted by Crippen LogP contribution is 2.40. The summed E-state index contributed by atoms with van der Waals surface area (Å²) in [6.45, 7) is 0.361. The first-order chi connectivity index (χ1) is 27.9. The zero-order valence-electron chi connectivity index (χ0n) is 31.4. The number of aromatic nitrogens is 4. The van der Waals surface area contributed by atoms with Crippen LogP contribution in [0.3, 0.4) is 0 Å². The number of unbranched alkanes of at least 4 members (excludes halogenated alkanes) is 1. The maximum Gasteiger partial charge on any atom is 0.224 e. The van der Waals surface area contributed by atoms with E-state index in [1.165, 1.54) is 11.8 Å². The number of thioether (sulfide) groups is 1. The van der Waals surface area contributed by atoms with Crippen molar-refractivity contribution in [1.82, 2.24) is 25.5 Å². The fourth-order valence-electron chi connectivity index (χ4n) is 6.60. The van der Waals surface area contributed by atoms with Gasteiger partial charge in [0.1, 0.15) is 0 Å². The highest BCUT2D eigenvalue weighted by molar-refractivity contribution is 7.99. The lowest BCUT2D eigenvalue weighted by Crippen LogP contribution is -2.31. The summed E-state index contributed by atoms with van der Waals surface area (Å²) in [6, 6.07) is 41.0. The number of nitrogen functional groups attached to an aromatic ring is 1. The van der Waals surface area contributed by atoms with Crippen LogP contribution in [0, 0.1) is 0 Å². The fraction of sp³-hybridized carbons (Fsp3) is 0.250. The molecule has 6 aromatic rings. The summed E-state index contributed by atoms with van der Waals surface area (Å²) in [5.74, 6) is 0.415. The maximum atomic E-state index is 12.7. The van der Waals surface area contributed by atoms with E-state index in [1.54, 1.807) is 16.8 Å². The molecule has 0 spiro atoms. The Hall–Kier alpha value is -5.86. The minimum absolute atomic E-state index is 0.0265. The number of anilines is 2. The number of nitrogens with one attached hydrogen (secondary N) is 2. The van der Waals surface area contributed by atoms with E-state index in [9.17, 15) is 14.7 Å². The molecule has 13 heteroatoms. The van der Waals surface area contributed by atoms with Gasteiger partial charge in [0.2, 0.25) is 17.0 Å². The monoisotopic (exact) mass is 783 g/mol. The molecule has 7 rings (SSSR count). The molecule has 0 radical (unpaired) electrons. The number of hydrogen-bond acceptors (Lipinski definition) is 10. The predicted octanol–water partition coefficient (Wildman–Crippen LogP) is 7.56. The molecule has 1 aliphatic rings. The molecule has 1 fully saturated rings. The standard InChI is InChI=1S/C44H45N7O5S/c45-38-16-4-5-17-39(38)47-42(54)19-7-6-18-41(53)46-27-31-10-8-11-33(24-31)34-12-9-13-35(25-34)43-55-37(26-40(56-43)32-22-20-30(28-52)21-23-32)29-57-44-48-49-50-51(44)36-14-2-1-3-15-36/h1-5,8-17,20-25,37,40,43,52H,6-7,18-19,26-29,45H2,(H,46,53)(H,47,54). The number of rotatable bonds is 16. The van der Waals surface area contributed by atoms with Gasteiger partial charge in [0.25, 0.3) is 0 Å². The Kier molecular flexibility index (Phi) is 13.4. The smallest absolute Gasteiger partial charge is 0.224 e. The molecular formula is C44H45N7O5S. The van der Waals surface area contributed by atoms with Gasteiger partial charge in [-0.3, -0.25) is 9.59 Å². The Morgan fingerprint density at radius 3 is 2.32 bits per heavy atom. The number of nitrogens with two attached hydrogens (primary N) is 1. The van der Waals surface area contributed by atoms with Gasteiger partial charge in [-0.15, -0.1) is 5.10 Å². The molecule has 292 valence electrons. The molecule has 2 heterocycles. The quantitative estimate of drug-likeness (QED) is 0.0437. The zero-order chi connectivity index (χ0) is 39.4. The fourth-order valence-corrected chi connectivity index (χ4v) is 7.51. The van der Waals surface area contributed by atoms with E-state index in [4.69, 9.17) is 15.2 Å². The van der Waals surface area contributed by atoms with Gasteiger partial charge in [-0.05, 0) is 87.5 Å². The number of tetrazole rings is 1. The first-order valence-electron chi connectivity index (χ1n) is 19.0.